The van der Waals surface area contributed by atoms with E-state index in [1.54, 1.807) is 0 Å². The minimum Gasteiger partial charge on any atom is -0.378 e. The van der Waals surface area contributed by atoms with Crippen LogP contribution in [0.25, 0.3) is 0 Å². The van der Waals surface area contributed by atoms with E-state index in [1.807, 2.05) is 24.3 Å². The molecule has 0 bridgehead atoms. The van der Waals surface area contributed by atoms with E-state index in [0.29, 0.717) is 16.4 Å². The van der Waals surface area contributed by atoms with E-state index in [1.165, 1.54) is 25.7 Å². The fourth-order valence-corrected chi connectivity index (χ4v) is 4.19. The Balaban J connectivity index is 1.79. The molecule has 0 saturated heterocycles. The van der Waals surface area contributed by atoms with Gasteiger partial charge in [-0.05, 0) is 55.6 Å². The topological polar surface area (TPSA) is 20.2 Å². The Morgan fingerprint density at radius 1 is 1.19 bits per heavy atom. The Labute approximate surface area is 132 Å². The molecule has 2 aliphatic rings. The number of hydrogen-bond donors (Lipinski definition) is 1. The van der Waals surface area contributed by atoms with Crippen molar-refractivity contribution in [1.82, 2.24) is 0 Å². The second-order valence-corrected chi connectivity index (χ2v) is 7.47. The van der Waals surface area contributed by atoms with Gasteiger partial charge in [0, 0.05) is 5.56 Å². The Kier molecular flexibility index (Phi) is 4.04. The Hall–Kier alpha value is -0.970. The van der Waals surface area contributed by atoms with Gasteiger partial charge in [-0.3, -0.25) is 0 Å². The normalized spacial score (nSPS) is 35.5. The molecule has 1 nitrogen and oxygen atoms in total. The third kappa shape index (κ3) is 3.12. The van der Waals surface area contributed by atoms with Crippen LogP contribution in [0.15, 0.2) is 24.3 Å². The third-order valence-electron chi connectivity index (χ3n) is 5.53. The van der Waals surface area contributed by atoms with Crippen molar-refractivity contribution in [3.63, 3.8) is 0 Å². The molecule has 0 spiro atoms. The van der Waals surface area contributed by atoms with Gasteiger partial charge in [-0.1, -0.05) is 55.3 Å². The summed E-state index contributed by atoms with van der Waals surface area (Å²) >= 11 is 6.14. The van der Waals surface area contributed by atoms with Gasteiger partial charge in [-0.15, -0.1) is 0 Å². The zero-order chi connectivity index (χ0) is 14.9. The van der Waals surface area contributed by atoms with Crippen LogP contribution in [0.1, 0.15) is 57.4 Å². The van der Waals surface area contributed by atoms with Crippen molar-refractivity contribution in [2.45, 2.75) is 57.5 Å². The first-order chi connectivity index (χ1) is 10.0. The molecule has 21 heavy (non-hydrogen) atoms. The Morgan fingerprint density at radius 2 is 2.00 bits per heavy atom. The summed E-state index contributed by atoms with van der Waals surface area (Å²) in [5, 5.41) is 11.5. The van der Waals surface area contributed by atoms with Gasteiger partial charge in [-0.2, -0.15) is 0 Å². The van der Waals surface area contributed by atoms with E-state index in [2.05, 4.69) is 18.8 Å². The molecule has 3 unspecified atom stereocenters. The highest BCUT2D eigenvalue weighted by molar-refractivity contribution is 6.31. The van der Waals surface area contributed by atoms with Gasteiger partial charge < -0.3 is 5.11 Å². The summed E-state index contributed by atoms with van der Waals surface area (Å²) in [7, 11) is 0. The zero-order valence-electron chi connectivity index (χ0n) is 12.7. The number of rotatable bonds is 0. The smallest absolute Gasteiger partial charge is 0.126 e. The maximum absolute atomic E-state index is 10.9. The first-order valence-corrected chi connectivity index (χ1v) is 8.39. The van der Waals surface area contributed by atoms with E-state index in [0.717, 1.165) is 24.8 Å². The molecule has 0 aromatic heterocycles. The van der Waals surface area contributed by atoms with Crippen molar-refractivity contribution in [2.75, 3.05) is 0 Å². The molecule has 2 heteroatoms. The Morgan fingerprint density at radius 3 is 2.81 bits per heavy atom. The van der Waals surface area contributed by atoms with Gasteiger partial charge >= 0.3 is 0 Å². The second kappa shape index (κ2) is 5.67. The summed E-state index contributed by atoms with van der Waals surface area (Å²) in [6, 6.07) is 7.58. The fraction of sp³-hybridized carbons (Fsp3) is 0.579. The van der Waals surface area contributed by atoms with Crippen LogP contribution >= 0.6 is 11.6 Å². The van der Waals surface area contributed by atoms with E-state index >= 15 is 0 Å². The molecule has 2 saturated carbocycles. The molecular weight excluding hydrogens is 280 g/mol. The minimum atomic E-state index is -0.833. The van der Waals surface area contributed by atoms with Crippen molar-refractivity contribution in [3.05, 3.63) is 34.9 Å². The molecule has 0 radical (unpaired) electrons. The van der Waals surface area contributed by atoms with Crippen molar-refractivity contribution < 1.29 is 5.11 Å². The zero-order valence-corrected chi connectivity index (χ0v) is 13.4. The number of aliphatic hydroxyl groups is 1. The lowest BCUT2D eigenvalue weighted by Gasteiger charge is -2.49. The van der Waals surface area contributed by atoms with Crippen molar-refractivity contribution >= 4 is 11.6 Å². The molecule has 2 fully saturated rings. The quantitative estimate of drug-likeness (QED) is 0.682. The molecule has 3 atom stereocenters. The van der Waals surface area contributed by atoms with E-state index in [9.17, 15) is 5.11 Å². The van der Waals surface area contributed by atoms with Gasteiger partial charge in [0.25, 0.3) is 0 Å². The number of halogens is 1. The molecule has 1 aromatic carbocycles. The summed E-state index contributed by atoms with van der Waals surface area (Å²) < 4.78 is 0. The van der Waals surface area contributed by atoms with Crippen LogP contribution in [0.4, 0.5) is 0 Å². The highest BCUT2D eigenvalue weighted by Gasteiger charge is 2.46. The molecule has 0 heterocycles. The number of benzene rings is 1. The van der Waals surface area contributed by atoms with Gasteiger partial charge in [0.15, 0.2) is 0 Å². The van der Waals surface area contributed by atoms with Crippen molar-refractivity contribution in [1.29, 1.82) is 0 Å². The van der Waals surface area contributed by atoms with Crippen molar-refractivity contribution in [2.24, 2.45) is 11.3 Å². The van der Waals surface area contributed by atoms with E-state index in [4.69, 9.17) is 11.6 Å². The predicted octanol–water partition coefficient (Wildman–Crippen LogP) is 4.80. The van der Waals surface area contributed by atoms with Crippen molar-refractivity contribution in [3.8, 4) is 11.8 Å². The molecule has 0 aliphatic heterocycles. The molecule has 0 amide bonds. The lowest BCUT2D eigenvalue weighted by molar-refractivity contribution is -0.0443. The molecule has 2 aliphatic carbocycles. The highest BCUT2D eigenvalue weighted by Crippen LogP contribution is 2.52. The lowest BCUT2D eigenvalue weighted by Crippen LogP contribution is -2.44. The Bertz CT molecular complexity index is 585. The van der Waals surface area contributed by atoms with Crippen LogP contribution in [0, 0.1) is 23.2 Å². The van der Waals surface area contributed by atoms with E-state index < -0.39 is 5.60 Å². The van der Waals surface area contributed by atoms with Crippen LogP contribution in [-0.4, -0.2) is 10.7 Å². The van der Waals surface area contributed by atoms with Crippen LogP contribution < -0.4 is 0 Å². The van der Waals surface area contributed by atoms with Crippen LogP contribution in [0.3, 0.4) is 0 Å². The summed E-state index contributed by atoms with van der Waals surface area (Å²) in [5.41, 5.74) is 0.404. The van der Waals surface area contributed by atoms with Gasteiger partial charge in [0.05, 0.1) is 5.02 Å². The minimum absolute atomic E-state index is 0.427. The predicted molar refractivity (Wildman–Crippen MR) is 87.2 cm³/mol. The third-order valence-corrected chi connectivity index (χ3v) is 5.86. The highest BCUT2D eigenvalue weighted by atomic mass is 35.5. The SMILES string of the molecule is CC12CCCCC1CC(O)(C#Cc1ccccc1Cl)CC2. The maximum atomic E-state index is 10.9. The second-order valence-electron chi connectivity index (χ2n) is 7.06. The average Bonchev–Trinajstić information content (AvgIpc) is 2.47. The maximum Gasteiger partial charge on any atom is 0.126 e. The molecular formula is C19H23ClO. The van der Waals surface area contributed by atoms with Crippen LogP contribution in [-0.2, 0) is 0 Å². The van der Waals surface area contributed by atoms with Crippen LogP contribution in [0.2, 0.25) is 5.02 Å². The number of hydrogen-bond acceptors (Lipinski definition) is 1. The monoisotopic (exact) mass is 302 g/mol. The molecule has 112 valence electrons. The molecule has 1 aromatic rings. The lowest BCUT2D eigenvalue weighted by atomic mass is 9.57. The molecule has 3 rings (SSSR count). The van der Waals surface area contributed by atoms with E-state index in [-0.39, 0.29) is 0 Å². The van der Waals surface area contributed by atoms with Gasteiger partial charge in [-0.25, -0.2) is 0 Å². The van der Waals surface area contributed by atoms with Gasteiger partial charge in [0.2, 0.25) is 0 Å². The summed E-state index contributed by atoms with van der Waals surface area (Å²) in [4.78, 5) is 0. The first-order valence-electron chi connectivity index (χ1n) is 8.01. The first kappa shape index (κ1) is 14.9. The summed E-state index contributed by atoms with van der Waals surface area (Å²) in [6.45, 7) is 2.40. The summed E-state index contributed by atoms with van der Waals surface area (Å²) in [5.74, 6) is 6.84. The standard InChI is InChI=1S/C19H23ClO/c1-18-10-5-4-7-16(18)14-19(21,13-12-18)11-9-15-6-2-3-8-17(15)20/h2-3,6,8,16,21H,4-5,7,10,12-14H2,1H3. The van der Waals surface area contributed by atoms with Gasteiger partial charge in [0.1, 0.15) is 5.60 Å². The fourth-order valence-electron chi connectivity index (χ4n) is 4.01. The number of fused-ring (bicyclic) bond motifs is 1. The largest absolute Gasteiger partial charge is 0.378 e. The average molecular weight is 303 g/mol. The molecule has 1 N–H and O–H groups in total. The van der Waals surface area contributed by atoms with Crippen LogP contribution in [0.5, 0.6) is 0 Å². The summed E-state index contributed by atoms with van der Waals surface area (Å²) in [6.07, 6.45) is 7.90.